The van der Waals surface area contributed by atoms with Crippen molar-refractivity contribution in [3.05, 3.63) is 24.3 Å². The van der Waals surface area contributed by atoms with Gasteiger partial charge < -0.3 is 10.4 Å². The first-order valence-corrected chi connectivity index (χ1v) is 7.68. The van der Waals surface area contributed by atoms with Gasteiger partial charge in [-0.05, 0) is 37.6 Å². The third-order valence-corrected chi connectivity index (χ3v) is 4.67. The second-order valence-electron chi connectivity index (χ2n) is 4.79. The maximum atomic E-state index is 11.9. The fourth-order valence-corrected chi connectivity index (χ4v) is 2.53. The van der Waals surface area contributed by atoms with Crippen LogP contribution in [0.3, 0.4) is 0 Å². The molecule has 1 rings (SSSR count). The van der Waals surface area contributed by atoms with Gasteiger partial charge in [0, 0.05) is 32.2 Å². The van der Waals surface area contributed by atoms with Crippen molar-refractivity contribution in [3.63, 3.8) is 0 Å². The van der Waals surface area contributed by atoms with Crippen molar-refractivity contribution in [3.8, 4) is 0 Å². The third kappa shape index (κ3) is 4.50. The zero-order chi connectivity index (χ0) is 15.3. The first-order chi connectivity index (χ1) is 9.23. The summed E-state index contributed by atoms with van der Waals surface area (Å²) in [6.07, 6.45) is 0.605. The van der Waals surface area contributed by atoms with Crippen molar-refractivity contribution in [2.45, 2.75) is 30.7 Å². The highest BCUT2D eigenvalue weighted by atomic mass is 32.2. The summed E-state index contributed by atoms with van der Waals surface area (Å²) in [7, 11) is -0.453. The lowest BCUT2D eigenvalue weighted by atomic mass is 10.1. The van der Waals surface area contributed by atoms with Crippen LogP contribution in [-0.4, -0.2) is 43.9 Å². The number of carbonyl (C=O) groups is 1. The van der Waals surface area contributed by atoms with Crippen LogP contribution in [0.4, 0.5) is 5.69 Å². The molecule has 0 aliphatic rings. The Morgan fingerprint density at radius 2 is 1.85 bits per heavy atom. The Labute approximate surface area is 119 Å². The van der Waals surface area contributed by atoms with Crippen molar-refractivity contribution in [1.82, 2.24) is 4.31 Å². The molecule has 0 fully saturated rings. The molecule has 0 radical (unpaired) electrons. The molecule has 0 saturated heterocycles. The Hall–Kier alpha value is -1.60. The monoisotopic (exact) mass is 300 g/mol. The Morgan fingerprint density at radius 3 is 2.30 bits per heavy atom. The lowest BCUT2D eigenvalue weighted by Crippen LogP contribution is -2.22. The summed E-state index contributed by atoms with van der Waals surface area (Å²) >= 11 is 0. The number of hydrogen-bond donors (Lipinski definition) is 2. The molecule has 0 amide bonds. The molecule has 1 aromatic rings. The van der Waals surface area contributed by atoms with Crippen LogP contribution in [-0.2, 0) is 14.8 Å². The lowest BCUT2D eigenvalue weighted by Gasteiger charge is -2.15. The lowest BCUT2D eigenvalue weighted by molar-refractivity contribution is -0.137. The molecule has 1 atom stereocenters. The number of sulfonamides is 1. The van der Waals surface area contributed by atoms with Crippen molar-refractivity contribution >= 4 is 21.7 Å². The highest BCUT2D eigenvalue weighted by Crippen LogP contribution is 2.17. The van der Waals surface area contributed by atoms with Crippen LogP contribution in [0, 0.1) is 0 Å². The van der Waals surface area contributed by atoms with Crippen molar-refractivity contribution < 1.29 is 18.3 Å². The fourth-order valence-electron chi connectivity index (χ4n) is 1.63. The van der Waals surface area contributed by atoms with E-state index in [1.54, 1.807) is 12.1 Å². The first kappa shape index (κ1) is 16.5. The number of hydrogen-bond acceptors (Lipinski definition) is 4. The van der Waals surface area contributed by atoms with E-state index < -0.39 is 16.0 Å². The molecule has 0 aliphatic carbocycles. The molecule has 2 N–H and O–H groups in total. The number of carboxylic acid groups (broad SMARTS) is 1. The standard InChI is InChI=1S/C13H20N2O4S/c1-10(4-9-13(16)17)14-11-5-7-12(8-6-11)20(18,19)15(2)3/h5-8,10,14H,4,9H2,1-3H3,(H,16,17). The summed E-state index contributed by atoms with van der Waals surface area (Å²) in [4.78, 5) is 10.7. The van der Waals surface area contributed by atoms with Gasteiger partial charge in [-0.3, -0.25) is 4.79 Å². The number of rotatable bonds is 7. The molecule has 0 aliphatic heterocycles. The predicted molar refractivity (Wildman–Crippen MR) is 77.3 cm³/mol. The number of anilines is 1. The van der Waals surface area contributed by atoms with Crippen LogP contribution in [0.2, 0.25) is 0 Å². The Bertz CT molecular complexity index is 552. The van der Waals surface area contributed by atoms with Crippen LogP contribution in [0.15, 0.2) is 29.2 Å². The normalized spacial score (nSPS) is 13.2. The minimum atomic E-state index is -3.42. The van der Waals surface area contributed by atoms with Gasteiger partial charge in [0.2, 0.25) is 10.0 Å². The van der Waals surface area contributed by atoms with Gasteiger partial charge in [0.05, 0.1) is 4.90 Å². The fraction of sp³-hybridized carbons (Fsp3) is 0.462. The van der Waals surface area contributed by atoms with E-state index in [0.717, 1.165) is 9.99 Å². The average molecular weight is 300 g/mol. The summed E-state index contributed by atoms with van der Waals surface area (Å²) in [5, 5.41) is 11.7. The average Bonchev–Trinajstić information content (AvgIpc) is 2.37. The molecule has 1 unspecified atom stereocenters. The molecule has 7 heteroatoms. The molecule has 0 spiro atoms. The summed E-state index contributed by atoms with van der Waals surface area (Å²) < 4.78 is 24.9. The Morgan fingerprint density at radius 1 is 1.30 bits per heavy atom. The van der Waals surface area contributed by atoms with E-state index in [0.29, 0.717) is 6.42 Å². The van der Waals surface area contributed by atoms with E-state index in [1.165, 1.54) is 26.2 Å². The SMILES string of the molecule is CC(CCC(=O)O)Nc1ccc(S(=O)(=O)N(C)C)cc1. The number of nitrogens with zero attached hydrogens (tertiary/aromatic N) is 1. The van der Waals surface area contributed by atoms with E-state index >= 15 is 0 Å². The molecule has 112 valence electrons. The molecule has 0 heterocycles. The molecule has 0 aromatic heterocycles. The molecule has 6 nitrogen and oxygen atoms in total. The number of carboxylic acids is 1. The third-order valence-electron chi connectivity index (χ3n) is 2.84. The van der Waals surface area contributed by atoms with Crippen molar-refractivity contribution in [1.29, 1.82) is 0 Å². The molecular weight excluding hydrogens is 280 g/mol. The van der Waals surface area contributed by atoms with Gasteiger partial charge in [-0.2, -0.15) is 0 Å². The minimum Gasteiger partial charge on any atom is -0.481 e. The maximum absolute atomic E-state index is 11.9. The maximum Gasteiger partial charge on any atom is 0.303 e. The zero-order valence-electron chi connectivity index (χ0n) is 11.8. The van der Waals surface area contributed by atoms with E-state index in [2.05, 4.69) is 5.32 Å². The van der Waals surface area contributed by atoms with Gasteiger partial charge >= 0.3 is 5.97 Å². The van der Waals surface area contributed by atoms with Gasteiger partial charge in [-0.25, -0.2) is 12.7 Å². The van der Waals surface area contributed by atoms with Gasteiger partial charge in [-0.1, -0.05) is 0 Å². The molecule has 20 heavy (non-hydrogen) atoms. The molecule has 1 aromatic carbocycles. The smallest absolute Gasteiger partial charge is 0.303 e. The van der Waals surface area contributed by atoms with Gasteiger partial charge in [0.15, 0.2) is 0 Å². The summed E-state index contributed by atoms with van der Waals surface area (Å²) in [5.74, 6) is -0.828. The van der Waals surface area contributed by atoms with Gasteiger partial charge in [0.1, 0.15) is 0 Å². The van der Waals surface area contributed by atoms with Crippen LogP contribution in [0.5, 0.6) is 0 Å². The zero-order valence-corrected chi connectivity index (χ0v) is 12.6. The van der Waals surface area contributed by atoms with Crippen molar-refractivity contribution in [2.75, 3.05) is 19.4 Å². The Kier molecular flexibility index (Phi) is 5.52. The number of benzene rings is 1. The van der Waals surface area contributed by atoms with Crippen molar-refractivity contribution in [2.24, 2.45) is 0 Å². The summed E-state index contributed by atoms with van der Waals surface area (Å²) in [5.41, 5.74) is 0.764. The van der Waals surface area contributed by atoms with E-state index in [-0.39, 0.29) is 17.4 Å². The van der Waals surface area contributed by atoms with E-state index in [1.807, 2.05) is 6.92 Å². The summed E-state index contributed by atoms with van der Waals surface area (Å²) in [6, 6.07) is 6.41. The van der Waals surface area contributed by atoms with Gasteiger partial charge in [-0.15, -0.1) is 0 Å². The van der Waals surface area contributed by atoms with Gasteiger partial charge in [0.25, 0.3) is 0 Å². The van der Waals surface area contributed by atoms with E-state index in [9.17, 15) is 13.2 Å². The molecule has 0 saturated carbocycles. The second kappa shape index (κ2) is 6.71. The largest absolute Gasteiger partial charge is 0.481 e. The first-order valence-electron chi connectivity index (χ1n) is 6.24. The quantitative estimate of drug-likeness (QED) is 0.798. The van der Waals surface area contributed by atoms with Crippen LogP contribution in [0.1, 0.15) is 19.8 Å². The highest BCUT2D eigenvalue weighted by Gasteiger charge is 2.16. The number of nitrogens with one attached hydrogen (secondary N) is 1. The van der Waals surface area contributed by atoms with Crippen LogP contribution < -0.4 is 5.32 Å². The summed E-state index contributed by atoms with van der Waals surface area (Å²) in [6.45, 7) is 1.88. The Balaban J connectivity index is 2.70. The minimum absolute atomic E-state index is 0.00223. The topological polar surface area (TPSA) is 86.7 Å². The molecular formula is C13H20N2O4S. The predicted octanol–water partition coefficient (Wildman–Crippen LogP) is 1.60. The van der Waals surface area contributed by atoms with Crippen LogP contribution in [0.25, 0.3) is 0 Å². The highest BCUT2D eigenvalue weighted by molar-refractivity contribution is 7.89. The van der Waals surface area contributed by atoms with Crippen LogP contribution >= 0.6 is 0 Å². The molecule has 0 bridgehead atoms. The van der Waals surface area contributed by atoms with E-state index in [4.69, 9.17) is 5.11 Å². The second-order valence-corrected chi connectivity index (χ2v) is 6.94. The number of aliphatic carboxylic acids is 1.